The molecule has 0 radical (unpaired) electrons. The molecule has 0 bridgehead atoms. The Balaban J connectivity index is 2.07. The van der Waals surface area contributed by atoms with Crippen molar-refractivity contribution in [2.75, 3.05) is 6.61 Å². The van der Waals surface area contributed by atoms with Gasteiger partial charge in [-0.2, -0.15) is 5.10 Å². The van der Waals surface area contributed by atoms with Crippen LogP contribution < -0.4 is 0 Å². The van der Waals surface area contributed by atoms with Crippen LogP contribution in [0.3, 0.4) is 0 Å². The van der Waals surface area contributed by atoms with Gasteiger partial charge in [-0.3, -0.25) is 0 Å². The highest BCUT2D eigenvalue weighted by Crippen LogP contribution is 2.44. The second-order valence-electron chi connectivity index (χ2n) is 5.58. The fourth-order valence-corrected chi connectivity index (χ4v) is 2.95. The third-order valence-corrected chi connectivity index (χ3v) is 3.72. The Bertz CT molecular complexity index is 556. The minimum absolute atomic E-state index is 0.0152. The highest BCUT2D eigenvalue weighted by molar-refractivity contribution is 5.22. The van der Waals surface area contributed by atoms with Gasteiger partial charge in [0.25, 0.3) is 0 Å². The number of ether oxygens (including phenoxy) is 2. The van der Waals surface area contributed by atoms with E-state index in [4.69, 9.17) is 9.47 Å². The van der Waals surface area contributed by atoms with Gasteiger partial charge in [0.2, 0.25) is 5.79 Å². The normalized spacial score (nSPS) is 26.1. The second-order valence-corrected chi connectivity index (χ2v) is 5.58. The Hall–Kier alpha value is -1.72. The molecule has 0 amide bonds. The molecule has 1 saturated heterocycles. The molecule has 1 aliphatic rings. The summed E-state index contributed by atoms with van der Waals surface area (Å²) in [5.41, 5.74) is 1.03. The molecule has 3 rings (SSSR count). The summed E-state index contributed by atoms with van der Waals surface area (Å²) in [6.07, 6.45) is 5.28. The molecule has 0 aliphatic carbocycles. The van der Waals surface area contributed by atoms with Gasteiger partial charge in [-0.1, -0.05) is 30.3 Å². The molecule has 21 heavy (non-hydrogen) atoms. The Labute approximate surface area is 124 Å². The largest absolute Gasteiger partial charge is 0.344 e. The van der Waals surface area contributed by atoms with Crippen molar-refractivity contribution >= 4 is 0 Å². The van der Waals surface area contributed by atoms with E-state index in [1.807, 2.05) is 36.7 Å². The first-order chi connectivity index (χ1) is 10.2. The van der Waals surface area contributed by atoms with Crippen LogP contribution >= 0.6 is 0 Å². The lowest BCUT2D eigenvalue weighted by Crippen LogP contribution is -2.47. The molecule has 0 spiro atoms. The van der Waals surface area contributed by atoms with E-state index in [0.29, 0.717) is 6.61 Å². The summed E-state index contributed by atoms with van der Waals surface area (Å²) >= 11 is 0. The zero-order valence-corrected chi connectivity index (χ0v) is 12.5. The topological polar surface area (TPSA) is 49.2 Å². The van der Waals surface area contributed by atoms with Crippen molar-refractivity contribution in [3.05, 3.63) is 48.5 Å². The monoisotopic (exact) mass is 287 g/mol. The molecule has 1 aromatic heterocycles. The molecule has 0 saturated carbocycles. The molecule has 2 aromatic rings. The van der Waals surface area contributed by atoms with Crippen LogP contribution in [-0.2, 0) is 15.3 Å². The van der Waals surface area contributed by atoms with Crippen LogP contribution in [0.1, 0.15) is 38.3 Å². The molecule has 1 aliphatic heterocycles. The molecule has 112 valence electrons. The van der Waals surface area contributed by atoms with E-state index in [-0.39, 0.29) is 12.1 Å². The van der Waals surface area contributed by atoms with Crippen molar-refractivity contribution in [2.45, 2.75) is 44.6 Å². The van der Waals surface area contributed by atoms with Gasteiger partial charge in [-0.25, -0.2) is 9.67 Å². The first-order valence-electron chi connectivity index (χ1n) is 7.44. The molecular weight excluding hydrogens is 266 g/mol. The lowest BCUT2D eigenvalue weighted by atomic mass is 9.91. The molecule has 2 unspecified atom stereocenters. The van der Waals surface area contributed by atoms with Gasteiger partial charge in [0.05, 0.1) is 12.7 Å². The highest BCUT2D eigenvalue weighted by atomic mass is 16.7. The van der Waals surface area contributed by atoms with Gasteiger partial charge in [0.15, 0.2) is 0 Å². The number of benzene rings is 1. The number of nitrogens with zero attached hydrogens (tertiary/aromatic N) is 3. The molecule has 5 heteroatoms. The van der Waals surface area contributed by atoms with Gasteiger partial charge < -0.3 is 9.47 Å². The van der Waals surface area contributed by atoms with Crippen LogP contribution in [0, 0.1) is 0 Å². The van der Waals surface area contributed by atoms with Gasteiger partial charge in [-0.05, 0) is 26.7 Å². The lowest BCUT2D eigenvalue weighted by Gasteiger charge is -2.44. The summed E-state index contributed by atoms with van der Waals surface area (Å²) in [7, 11) is 0. The predicted molar refractivity (Wildman–Crippen MR) is 78.6 cm³/mol. The summed E-state index contributed by atoms with van der Waals surface area (Å²) in [5.74, 6) is -0.804. The van der Waals surface area contributed by atoms with E-state index in [1.54, 1.807) is 12.7 Å². The highest BCUT2D eigenvalue weighted by Gasteiger charge is 2.47. The first kappa shape index (κ1) is 14.2. The van der Waals surface area contributed by atoms with Crippen molar-refractivity contribution in [1.82, 2.24) is 14.8 Å². The predicted octanol–water partition coefficient (Wildman–Crippen LogP) is 2.91. The van der Waals surface area contributed by atoms with E-state index in [0.717, 1.165) is 18.4 Å². The Kier molecular flexibility index (Phi) is 4.03. The van der Waals surface area contributed by atoms with Crippen molar-refractivity contribution < 1.29 is 9.47 Å². The Morgan fingerprint density at radius 2 is 2.14 bits per heavy atom. The number of rotatable bonds is 4. The molecular formula is C16H21N3O2. The number of hydrogen-bond acceptors (Lipinski definition) is 4. The van der Waals surface area contributed by atoms with E-state index in [1.165, 1.54) is 0 Å². The summed E-state index contributed by atoms with van der Waals surface area (Å²) in [5, 5.41) is 4.31. The third kappa shape index (κ3) is 2.71. The van der Waals surface area contributed by atoms with Crippen LogP contribution in [-0.4, -0.2) is 27.5 Å². The van der Waals surface area contributed by atoms with Crippen LogP contribution in [0.25, 0.3) is 0 Å². The summed E-state index contributed by atoms with van der Waals surface area (Å²) < 4.78 is 14.3. The SMILES string of the molecule is CC(C)OC1(c2ccccc2)OCCCC1n1cncn1. The zero-order chi connectivity index (χ0) is 14.7. The van der Waals surface area contributed by atoms with Gasteiger partial charge >= 0.3 is 0 Å². The maximum absolute atomic E-state index is 6.29. The van der Waals surface area contributed by atoms with Crippen LogP contribution in [0.15, 0.2) is 43.0 Å². The van der Waals surface area contributed by atoms with E-state index < -0.39 is 5.79 Å². The Morgan fingerprint density at radius 1 is 1.33 bits per heavy atom. The van der Waals surface area contributed by atoms with Crippen molar-refractivity contribution in [3.8, 4) is 0 Å². The molecule has 2 atom stereocenters. The lowest BCUT2D eigenvalue weighted by molar-refractivity contribution is -0.304. The summed E-state index contributed by atoms with van der Waals surface area (Å²) in [6, 6.07) is 10.1. The third-order valence-electron chi connectivity index (χ3n) is 3.72. The quantitative estimate of drug-likeness (QED) is 0.867. The average molecular weight is 287 g/mol. The smallest absolute Gasteiger partial charge is 0.218 e. The standard InChI is InChI=1S/C16H21N3O2/c1-13(2)21-16(14-7-4-3-5-8-14)15(9-6-10-20-16)19-12-17-11-18-19/h3-5,7-8,11-13,15H,6,9-10H2,1-2H3. The fraction of sp³-hybridized carbons (Fsp3) is 0.500. The molecule has 1 fully saturated rings. The fourth-order valence-electron chi connectivity index (χ4n) is 2.95. The summed E-state index contributed by atoms with van der Waals surface area (Å²) in [4.78, 5) is 4.08. The first-order valence-corrected chi connectivity index (χ1v) is 7.44. The number of aromatic nitrogens is 3. The maximum atomic E-state index is 6.29. The Morgan fingerprint density at radius 3 is 2.81 bits per heavy atom. The molecule has 0 N–H and O–H groups in total. The zero-order valence-electron chi connectivity index (χ0n) is 12.5. The molecule has 2 heterocycles. The van der Waals surface area contributed by atoms with E-state index in [9.17, 15) is 0 Å². The van der Waals surface area contributed by atoms with Gasteiger partial charge in [-0.15, -0.1) is 0 Å². The molecule has 5 nitrogen and oxygen atoms in total. The van der Waals surface area contributed by atoms with Crippen LogP contribution in [0.2, 0.25) is 0 Å². The van der Waals surface area contributed by atoms with E-state index >= 15 is 0 Å². The van der Waals surface area contributed by atoms with Gasteiger partial charge in [0.1, 0.15) is 18.7 Å². The maximum Gasteiger partial charge on any atom is 0.218 e. The molecule has 1 aromatic carbocycles. The average Bonchev–Trinajstić information content (AvgIpc) is 3.02. The van der Waals surface area contributed by atoms with Crippen LogP contribution in [0.5, 0.6) is 0 Å². The minimum atomic E-state index is -0.804. The number of hydrogen-bond donors (Lipinski definition) is 0. The van der Waals surface area contributed by atoms with Crippen molar-refractivity contribution in [1.29, 1.82) is 0 Å². The van der Waals surface area contributed by atoms with E-state index in [2.05, 4.69) is 22.2 Å². The second kappa shape index (κ2) is 5.95. The van der Waals surface area contributed by atoms with Crippen LogP contribution in [0.4, 0.5) is 0 Å². The van der Waals surface area contributed by atoms with Crippen molar-refractivity contribution in [2.24, 2.45) is 0 Å². The van der Waals surface area contributed by atoms with Gasteiger partial charge in [0, 0.05) is 5.56 Å². The van der Waals surface area contributed by atoms with Crippen molar-refractivity contribution in [3.63, 3.8) is 0 Å². The minimum Gasteiger partial charge on any atom is -0.344 e. The summed E-state index contributed by atoms with van der Waals surface area (Å²) in [6.45, 7) is 4.74.